The van der Waals surface area contributed by atoms with Crippen LogP contribution in [0.2, 0.25) is 0 Å². The van der Waals surface area contributed by atoms with Crippen molar-refractivity contribution in [1.82, 2.24) is 0 Å². The molecule has 1 heterocycles. The molecule has 0 amide bonds. The molecule has 0 aliphatic carbocycles. The number of hydrogen-bond donors (Lipinski definition) is 0. The van der Waals surface area contributed by atoms with Crippen LogP contribution in [0.15, 0.2) is 65.6 Å². The van der Waals surface area contributed by atoms with E-state index in [9.17, 15) is 9.59 Å². The largest absolute Gasteiger partial charge is 0.422 e. The summed E-state index contributed by atoms with van der Waals surface area (Å²) in [6.45, 7) is 0. The standard InChI is InChI=1S/C16H10O3S/c17-15(20-11-6-2-1-3-7-11)10-14-12-8-4-5-9-13(12)16(18)19-14/h1-10H. The van der Waals surface area contributed by atoms with E-state index in [1.165, 1.54) is 6.08 Å². The molecule has 0 spiro atoms. The second-order valence-corrected chi connectivity index (χ2v) is 5.26. The molecule has 0 radical (unpaired) electrons. The third-order valence-corrected chi connectivity index (χ3v) is 3.65. The van der Waals surface area contributed by atoms with Gasteiger partial charge in [-0.2, -0.15) is 0 Å². The van der Waals surface area contributed by atoms with Gasteiger partial charge in [-0.1, -0.05) is 36.4 Å². The number of cyclic esters (lactones) is 1. The topological polar surface area (TPSA) is 43.4 Å². The third-order valence-electron chi connectivity index (χ3n) is 2.83. The quantitative estimate of drug-likeness (QED) is 0.480. The van der Waals surface area contributed by atoms with Gasteiger partial charge in [-0.05, 0) is 30.0 Å². The maximum absolute atomic E-state index is 12.0. The molecule has 0 fully saturated rings. The highest BCUT2D eigenvalue weighted by molar-refractivity contribution is 8.14. The molecule has 0 atom stereocenters. The van der Waals surface area contributed by atoms with E-state index in [1.807, 2.05) is 36.4 Å². The van der Waals surface area contributed by atoms with Crippen LogP contribution in [0.5, 0.6) is 0 Å². The molecule has 3 nitrogen and oxygen atoms in total. The first-order valence-electron chi connectivity index (χ1n) is 6.04. The first-order valence-corrected chi connectivity index (χ1v) is 6.86. The lowest BCUT2D eigenvalue weighted by molar-refractivity contribution is -0.107. The Balaban J connectivity index is 1.84. The average molecular weight is 282 g/mol. The van der Waals surface area contributed by atoms with E-state index >= 15 is 0 Å². The zero-order valence-electron chi connectivity index (χ0n) is 10.4. The zero-order valence-corrected chi connectivity index (χ0v) is 11.2. The molecule has 0 saturated heterocycles. The Labute approximate surface area is 120 Å². The monoisotopic (exact) mass is 282 g/mol. The van der Waals surface area contributed by atoms with Gasteiger partial charge >= 0.3 is 5.97 Å². The fraction of sp³-hybridized carbons (Fsp3) is 0. The van der Waals surface area contributed by atoms with Gasteiger partial charge in [-0.3, -0.25) is 4.79 Å². The molecule has 0 aromatic heterocycles. The predicted molar refractivity (Wildman–Crippen MR) is 77.1 cm³/mol. The number of carbonyl (C=O) groups excluding carboxylic acids is 2. The van der Waals surface area contributed by atoms with Crippen LogP contribution in [0.1, 0.15) is 15.9 Å². The molecule has 2 aromatic carbocycles. The lowest BCUT2D eigenvalue weighted by Gasteiger charge is -1.99. The lowest BCUT2D eigenvalue weighted by atomic mass is 10.1. The van der Waals surface area contributed by atoms with E-state index in [1.54, 1.807) is 18.2 Å². The van der Waals surface area contributed by atoms with Gasteiger partial charge in [-0.15, -0.1) is 0 Å². The van der Waals surface area contributed by atoms with Crippen molar-refractivity contribution in [3.8, 4) is 0 Å². The van der Waals surface area contributed by atoms with Crippen molar-refractivity contribution in [2.45, 2.75) is 4.90 Å². The molecule has 20 heavy (non-hydrogen) atoms. The van der Waals surface area contributed by atoms with Crippen molar-refractivity contribution in [1.29, 1.82) is 0 Å². The summed E-state index contributed by atoms with van der Waals surface area (Å²) in [5.74, 6) is -0.0941. The van der Waals surface area contributed by atoms with E-state index in [-0.39, 0.29) is 5.12 Å². The fourth-order valence-electron chi connectivity index (χ4n) is 1.93. The molecule has 0 unspecified atom stereocenters. The molecular formula is C16H10O3S. The molecule has 1 aliphatic rings. The summed E-state index contributed by atoms with van der Waals surface area (Å²) in [6.07, 6.45) is 1.36. The van der Waals surface area contributed by atoms with Crippen molar-refractivity contribution in [2.24, 2.45) is 0 Å². The van der Waals surface area contributed by atoms with Crippen LogP contribution < -0.4 is 0 Å². The highest BCUT2D eigenvalue weighted by Crippen LogP contribution is 2.30. The lowest BCUT2D eigenvalue weighted by Crippen LogP contribution is -1.93. The summed E-state index contributed by atoms with van der Waals surface area (Å²) in [7, 11) is 0. The van der Waals surface area contributed by atoms with Crippen LogP contribution in [-0.2, 0) is 9.53 Å². The van der Waals surface area contributed by atoms with Crippen LogP contribution >= 0.6 is 11.8 Å². The molecule has 0 bridgehead atoms. The van der Waals surface area contributed by atoms with Crippen LogP contribution in [0.3, 0.4) is 0 Å². The van der Waals surface area contributed by atoms with Crippen molar-refractivity contribution in [3.05, 3.63) is 71.8 Å². The van der Waals surface area contributed by atoms with Crippen molar-refractivity contribution >= 4 is 28.6 Å². The average Bonchev–Trinajstić information content (AvgIpc) is 2.77. The Morgan fingerprint density at radius 2 is 1.60 bits per heavy atom. The number of esters is 1. The van der Waals surface area contributed by atoms with Crippen LogP contribution in [0, 0.1) is 0 Å². The fourth-order valence-corrected chi connectivity index (χ4v) is 2.63. The number of ether oxygens (including phenoxy) is 1. The summed E-state index contributed by atoms with van der Waals surface area (Å²) in [5, 5.41) is -0.171. The van der Waals surface area contributed by atoms with E-state index < -0.39 is 5.97 Å². The minimum absolute atomic E-state index is 0.171. The second-order valence-electron chi connectivity index (χ2n) is 4.18. The molecule has 1 aliphatic heterocycles. The number of hydrogen-bond acceptors (Lipinski definition) is 4. The number of rotatable bonds is 2. The highest BCUT2D eigenvalue weighted by atomic mass is 32.2. The summed E-state index contributed by atoms with van der Waals surface area (Å²) >= 11 is 1.10. The summed E-state index contributed by atoms with van der Waals surface area (Å²) in [4.78, 5) is 24.5. The predicted octanol–water partition coefficient (Wildman–Crippen LogP) is 3.52. The van der Waals surface area contributed by atoms with Gasteiger partial charge in [-0.25, -0.2) is 4.79 Å². The summed E-state index contributed by atoms with van der Waals surface area (Å²) in [5.41, 5.74) is 1.16. The van der Waals surface area contributed by atoms with Crippen molar-refractivity contribution < 1.29 is 14.3 Å². The van der Waals surface area contributed by atoms with E-state index in [0.29, 0.717) is 16.9 Å². The van der Waals surface area contributed by atoms with Crippen LogP contribution in [0.25, 0.3) is 5.76 Å². The minimum atomic E-state index is -0.413. The van der Waals surface area contributed by atoms with Crippen LogP contribution in [-0.4, -0.2) is 11.1 Å². The van der Waals surface area contributed by atoms with Gasteiger partial charge in [0, 0.05) is 16.5 Å². The van der Waals surface area contributed by atoms with E-state index in [4.69, 9.17) is 4.74 Å². The maximum Gasteiger partial charge on any atom is 0.344 e. The van der Waals surface area contributed by atoms with Gasteiger partial charge < -0.3 is 4.74 Å². The zero-order chi connectivity index (χ0) is 13.9. The third kappa shape index (κ3) is 2.51. The Hall–Kier alpha value is -2.33. The summed E-state index contributed by atoms with van der Waals surface area (Å²) in [6, 6.07) is 16.4. The number of thioether (sulfide) groups is 1. The van der Waals surface area contributed by atoms with E-state index in [0.717, 1.165) is 16.7 Å². The summed E-state index contributed by atoms with van der Waals surface area (Å²) < 4.78 is 5.13. The Morgan fingerprint density at radius 1 is 0.950 bits per heavy atom. The van der Waals surface area contributed by atoms with Gasteiger partial charge in [0.05, 0.1) is 5.56 Å². The van der Waals surface area contributed by atoms with E-state index in [2.05, 4.69) is 0 Å². The Morgan fingerprint density at radius 3 is 2.35 bits per heavy atom. The molecule has 0 N–H and O–H groups in total. The van der Waals surface area contributed by atoms with Gasteiger partial charge in [0.15, 0.2) is 0 Å². The molecule has 2 aromatic rings. The maximum atomic E-state index is 12.0. The van der Waals surface area contributed by atoms with Gasteiger partial charge in [0.2, 0.25) is 5.12 Å². The van der Waals surface area contributed by atoms with Gasteiger partial charge in [0.25, 0.3) is 0 Å². The molecule has 3 rings (SSSR count). The molecule has 98 valence electrons. The molecular weight excluding hydrogens is 272 g/mol. The van der Waals surface area contributed by atoms with Crippen LogP contribution in [0.4, 0.5) is 0 Å². The second kappa shape index (κ2) is 5.35. The SMILES string of the molecule is O=C(C=C1OC(=O)c2ccccc21)Sc1ccccc1. The van der Waals surface area contributed by atoms with Gasteiger partial charge in [0.1, 0.15) is 5.76 Å². The smallest absolute Gasteiger partial charge is 0.344 e. The molecule has 0 saturated carbocycles. The number of fused-ring (bicyclic) bond motifs is 1. The Bertz CT molecular complexity index is 705. The first kappa shape index (κ1) is 12.7. The minimum Gasteiger partial charge on any atom is -0.422 e. The van der Waals surface area contributed by atoms with Crippen molar-refractivity contribution in [2.75, 3.05) is 0 Å². The molecule has 4 heteroatoms. The normalized spacial score (nSPS) is 15.0. The van der Waals surface area contributed by atoms with Crippen molar-refractivity contribution in [3.63, 3.8) is 0 Å². The number of carbonyl (C=O) groups is 2. The first-order chi connectivity index (χ1) is 9.74. The Kier molecular flexibility index (Phi) is 3.39. The number of benzene rings is 2. The highest BCUT2D eigenvalue weighted by Gasteiger charge is 2.26.